The summed E-state index contributed by atoms with van der Waals surface area (Å²) in [5, 5.41) is 7.82. The lowest BCUT2D eigenvalue weighted by molar-refractivity contribution is 0.411. The Bertz CT molecular complexity index is 733. The molecule has 0 radical (unpaired) electrons. The number of guanidine groups is 1. The Morgan fingerprint density at radius 1 is 1.27 bits per heavy atom. The van der Waals surface area contributed by atoms with E-state index < -0.39 is 0 Å². The van der Waals surface area contributed by atoms with E-state index >= 15 is 0 Å². The molecule has 0 spiro atoms. The van der Waals surface area contributed by atoms with E-state index in [2.05, 4.69) is 60.4 Å². The van der Waals surface area contributed by atoms with Gasteiger partial charge in [0.15, 0.2) is 5.96 Å². The van der Waals surface area contributed by atoms with Gasteiger partial charge in [0.1, 0.15) is 10.8 Å². The summed E-state index contributed by atoms with van der Waals surface area (Å²) in [5.74, 6) is 1.69. The molecule has 1 heterocycles. The van der Waals surface area contributed by atoms with Gasteiger partial charge in [0.2, 0.25) is 0 Å². The van der Waals surface area contributed by atoms with Gasteiger partial charge in [-0.2, -0.15) is 0 Å². The predicted octanol–water partition coefficient (Wildman–Crippen LogP) is 3.80. The average molecular weight is 375 g/mol. The van der Waals surface area contributed by atoms with Crippen LogP contribution in [0.1, 0.15) is 41.9 Å². The molecule has 0 fully saturated rings. The zero-order valence-corrected chi connectivity index (χ0v) is 17.5. The molecule has 2 aromatic rings. The molecule has 0 amide bonds. The highest BCUT2D eigenvalue weighted by Crippen LogP contribution is 2.25. The molecular weight excluding hydrogens is 344 g/mol. The van der Waals surface area contributed by atoms with Crippen LogP contribution in [0, 0.1) is 13.8 Å². The molecule has 1 aromatic heterocycles. The fourth-order valence-electron chi connectivity index (χ4n) is 2.55. The second-order valence-electron chi connectivity index (χ2n) is 6.91. The quantitative estimate of drug-likeness (QED) is 0.572. The van der Waals surface area contributed by atoms with Crippen molar-refractivity contribution < 1.29 is 4.74 Å². The van der Waals surface area contributed by atoms with Crippen LogP contribution >= 0.6 is 11.3 Å². The van der Waals surface area contributed by atoms with Crippen molar-refractivity contribution in [3.05, 3.63) is 45.4 Å². The molecule has 6 heteroatoms. The van der Waals surface area contributed by atoms with E-state index in [0.717, 1.165) is 35.5 Å². The SMILES string of the molecule is CCNC(=NCc1nc(C)c(C)s1)NCC(C)(C)c1cccc(OC)c1. The van der Waals surface area contributed by atoms with E-state index in [9.17, 15) is 0 Å². The number of methoxy groups -OCH3 is 1. The van der Waals surface area contributed by atoms with Gasteiger partial charge in [0.25, 0.3) is 0 Å². The fourth-order valence-corrected chi connectivity index (χ4v) is 3.40. The van der Waals surface area contributed by atoms with Gasteiger partial charge < -0.3 is 15.4 Å². The molecule has 0 bridgehead atoms. The number of aryl methyl sites for hydroxylation is 2. The second-order valence-corrected chi connectivity index (χ2v) is 8.20. The van der Waals surface area contributed by atoms with Crippen molar-refractivity contribution in [2.45, 2.75) is 46.6 Å². The van der Waals surface area contributed by atoms with Crippen molar-refractivity contribution in [2.75, 3.05) is 20.2 Å². The van der Waals surface area contributed by atoms with Crippen LogP contribution in [0.3, 0.4) is 0 Å². The number of aliphatic imine (C=N–C) groups is 1. The molecule has 0 unspecified atom stereocenters. The van der Waals surface area contributed by atoms with Gasteiger partial charge >= 0.3 is 0 Å². The van der Waals surface area contributed by atoms with E-state index in [0.29, 0.717) is 6.54 Å². The maximum Gasteiger partial charge on any atom is 0.191 e. The number of rotatable bonds is 7. The zero-order valence-electron chi connectivity index (χ0n) is 16.6. The van der Waals surface area contributed by atoms with E-state index in [4.69, 9.17) is 4.74 Å². The van der Waals surface area contributed by atoms with E-state index in [-0.39, 0.29) is 5.41 Å². The highest BCUT2D eigenvalue weighted by molar-refractivity contribution is 7.11. The lowest BCUT2D eigenvalue weighted by Crippen LogP contribution is -2.43. The first-order chi connectivity index (χ1) is 12.4. The number of nitrogens with zero attached hydrogens (tertiary/aromatic N) is 2. The van der Waals surface area contributed by atoms with Gasteiger partial charge in [-0.25, -0.2) is 9.98 Å². The Morgan fingerprint density at radius 3 is 2.65 bits per heavy atom. The molecule has 2 rings (SSSR count). The summed E-state index contributed by atoms with van der Waals surface area (Å²) in [5.41, 5.74) is 2.27. The molecule has 26 heavy (non-hydrogen) atoms. The Kier molecular flexibility index (Phi) is 7.03. The minimum Gasteiger partial charge on any atom is -0.497 e. The Hall–Kier alpha value is -2.08. The maximum absolute atomic E-state index is 5.35. The lowest BCUT2D eigenvalue weighted by atomic mass is 9.84. The standard InChI is InChI=1S/C20H30N4OS/c1-7-21-19(22-12-18-24-14(2)15(3)26-18)23-13-20(4,5)16-9-8-10-17(11-16)25-6/h8-11H,7,12-13H2,1-6H3,(H2,21,22,23). The van der Waals surface area contributed by atoms with Gasteiger partial charge in [-0.1, -0.05) is 26.0 Å². The van der Waals surface area contributed by atoms with Crippen molar-refractivity contribution in [1.82, 2.24) is 15.6 Å². The Morgan fingerprint density at radius 2 is 2.04 bits per heavy atom. The first-order valence-electron chi connectivity index (χ1n) is 8.95. The number of hydrogen-bond donors (Lipinski definition) is 2. The number of nitrogens with one attached hydrogen (secondary N) is 2. The van der Waals surface area contributed by atoms with Crippen molar-refractivity contribution in [3.63, 3.8) is 0 Å². The number of aromatic nitrogens is 1. The molecule has 0 atom stereocenters. The Labute approximate surface area is 160 Å². The van der Waals surface area contributed by atoms with Crippen molar-refractivity contribution in [2.24, 2.45) is 4.99 Å². The smallest absolute Gasteiger partial charge is 0.191 e. The van der Waals surface area contributed by atoms with Crippen LogP contribution in [-0.4, -0.2) is 31.1 Å². The van der Waals surface area contributed by atoms with Crippen molar-refractivity contribution in [1.29, 1.82) is 0 Å². The van der Waals surface area contributed by atoms with E-state index in [1.807, 2.05) is 19.1 Å². The number of hydrogen-bond acceptors (Lipinski definition) is 4. The number of ether oxygens (including phenoxy) is 1. The van der Waals surface area contributed by atoms with Crippen LogP contribution in [0.25, 0.3) is 0 Å². The first-order valence-corrected chi connectivity index (χ1v) is 9.77. The molecule has 0 saturated heterocycles. The van der Waals surface area contributed by atoms with Crippen LogP contribution in [0.2, 0.25) is 0 Å². The van der Waals surface area contributed by atoms with Crippen LogP contribution in [-0.2, 0) is 12.0 Å². The van der Waals surface area contributed by atoms with E-state index in [1.54, 1.807) is 18.4 Å². The van der Waals surface area contributed by atoms with Crippen LogP contribution in [0.5, 0.6) is 5.75 Å². The minimum atomic E-state index is -0.0565. The topological polar surface area (TPSA) is 58.5 Å². The lowest BCUT2D eigenvalue weighted by Gasteiger charge is -2.27. The van der Waals surface area contributed by atoms with Crippen molar-refractivity contribution in [3.8, 4) is 5.75 Å². The van der Waals surface area contributed by atoms with Gasteiger partial charge in [0.05, 0.1) is 19.3 Å². The third-order valence-electron chi connectivity index (χ3n) is 4.34. The summed E-state index contributed by atoms with van der Waals surface area (Å²) in [6.45, 7) is 12.8. The predicted molar refractivity (Wildman–Crippen MR) is 110 cm³/mol. The molecule has 0 aliphatic rings. The molecule has 2 N–H and O–H groups in total. The van der Waals surface area contributed by atoms with Crippen molar-refractivity contribution >= 4 is 17.3 Å². The molecule has 0 aliphatic carbocycles. The van der Waals surface area contributed by atoms with Gasteiger partial charge in [-0.05, 0) is 38.5 Å². The first kappa shape index (κ1) is 20.2. The monoisotopic (exact) mass is 374 g/mol. The zero-order chi connectivity index (χ0) is 19.2. The normalized spacial score (nSPS) is 12.2. The molecular formula is C20H30N4OS. The fraction of sp³-hybridized carbons (Fsp3) is 0.500. The third-order valence-corrected chi connectivity index (χ3v) is 5.40. The minimum absolute atomic E-state index is 0.0565. The maximum atomic E-state index is 5.35. The van der Waals surface area contributed by atoms with E-state index in [1.165, 1.54) is 10.4 Å². The summed E-state index contributed by atoms with van der Waals surface area (Å²) >= 11 is 1.71. The summed E-state index contributed by atoms with van der Waals surface area (Å²) in [6, 6.07) is 8.22. The average Bonchev–Trinajstić information content (AvgIpc) is 2.95. The van der Waals surface area contributed by atoms with Gasteiger partial charge in [-0.15, -0.1) is 11.3 Å². The number of benzene rings is 1. The van der Waals surface area contributed by atoms with Gasteiger partial charge in [0, 0.05) is 23.4 Å². The highest BCUT2D eigenvalue weighted by atomic mass is 32.1. The summed E-state index contributed by atoms with van der Waals surface area (Å²) < 4.78 is 5.35. The summed E-state index contributed by atoms with van der Waals surface area (Å²) in [4.78, 5) is 10.5. The van der Waals surface area contributed by atoms with Crippen LogP contribution in [0.4, 0.5) is 0 Å². The molecule has 142 valence electrons. The highest BCUT2D eigenvalue weighted by Gasteiger charge is 2.21. The van der Waals surface area contributed by atoms with Crippen LogP contribution in [0.15, 0.2) is 29.3 Å². The summed E-state index contributed by atoms with van der Waals surface area (Å²) in [6.07, 6.45) is 0. The molecule has 5 nitrogen and oxygen atoms in total. The molecule has 0 saturated carbocycles. The van der Waals surface area contributed by atoms with Crippen LogP contribution < -0.4 is 15.4 Å². The second kappa shape index (κ2) is 9.03. The third kappa shape index (κ3) is 5.46. The molecule has 0 aliphatic heterocycles. The van der Waals surface area contributed by atoms with Gasteiger partial charge in [-0.3, -0.25) is 0 Å². The summed E-state index contributed by atoms with van der Waals surface area (Å²) in [7, 11) is 1.70. The molecule has 1 aromatic carbocycles. The Balaban J connectivity index is 2.05. The largest absolute Gasteiger partial charge is 0.497 e. The number of thiazole rings is 1.